The number of nitrogens with one attached hydrogen (secondary N) is 2. The molecule has 0 bridgehead atoms. The quantitative estimate of drug-likeness (QED) is 0.865. The van der Waals surface area contributed by atoms with Gasteiger partial charge >= 0.3 is 0 Å². The molecular formula is C16H25N3O. The monoisotopic (exact) mass is 275 g/mol. The third-order valence-corrected chi connectivity index (χ3v) is 4.27. The van der Waals surface area contributed by atoms with Crippen molar-refractivity contribution in [3.63, 3.8) is 0 Å². The zero-order valence-electron chi connectivity index (χ0n) is 12.3. The zero-order valence-corrected chi connectivity index (χ0v) is 12.3. The SMILES string of the molecule is Cc1cc(C2CNCCO2)ccc1CN1CCNCC1. The van der Waals surface area contributed by atoms with Gasteiger partial charge in [0, 0.05) is 45.8 Å². The summed E-state index contributed by atoms with van der Waals surface area (Å²) in [5, 5.41) is 6.79. The van der Waals surface area contributed by atoms with Crippen LogP contribution in [0.2, 0.25) is 0 Å². The van der Waals surface area contributed by atoms with Crippen molar-refractivity contribution in [3.05, 3.63) is 34.9 Å². The fourth-order valence-corrected chi connectivity index (χ4v) is 2.99. The van der Waals surface area contributed by atoms with Gasteiger partial charge in [-0.1, -0.05) is 18.2 Å². The Hall–Kier alpha value is -0.940. The topological polar surface area (TPSA) is 36.5 Å². The third kappa shape index (κ3) is 3.38. The van der Waals surface area contributed by atoms with Crippen molar-refractivity contribution in [2.24, 2.45) is 0 Å². The number of hydrogen-bond donors (Lipinski definition) is 2. The summed E-state index contributed by atoms with van der Waals surface area (Å²) in [4.78, 5) is 2.52. The maximum Gasteiger partial charge on any atom is 0.0949 e. The molecule has 0 spiro atoms. The predicted molar refractivity (Wildman–Crippen MR) is 80.9 cm³/mol. The zero-order chi connectivity index (χ0) is 13.8. The van der Waals surface area contributed by atoms with Gasteiger partial charge in [0.15, 0.2) is 0 Å². The molecule has 1 unspecified atom stereocenters. The molecule has 2 aliphatic rings. The van der Waals surface area contributed by atoms with Gasteiger partial charge in [-0.3, -0.25) is 4.90 Å². The van der Waals surface area contributed by atoms with E-state index in [-0.39, 0.29) is 6.10 Å². The molecule has 0 aliphatic carbocycles. The molecule has 0 amide bonds. The van der Waals surface area contributed by atoms with Gasteiger partial charge in [-0.15, -0.1) is 0 Å². The fourth-order valence-electron chi connectivity index (χ4n) is 2.99. The van der Waals surface area contributed by atoms with Gasteiger partial charge < -0.3 is 15.4 Å². The highest BCUT2D eigenvalue weighted by molar-refractivity contribution is 5.32. The number of aryl methyl sites for hydroxylation is 1. The molecule has 2 saturated heterocycles. The largest absolute Gasteiger partial charge is 0.371 e. The summed E-state index contributed by atoms with van der Waals surface area (Å²) >= 11 is 0. The van der Waals surface area contributed by atoms with Crippen LogP contribution in [0.25, 0.3) is 0 Å². The molecule has 1 aromatic carbocycles. The van der Waals surface area contributed by atoms with E-state index in [1.807, 2.05) is 0 Å². The molecule has 20 heavy (non-hydrogen) atoms. The van der Waals surface area contributed by atoms with Crippen molar-refractivity contribution >= 4 is 0 Å². The van der Waals surface area contributed by atoms with E-state index in [0.29, 0.717) is 0 Å². The van der Waals surface area contributed by atoms with Crippen molar-refractivity contribution < 1.29 is 4.74 Å². The number of nitrogens with zero attached hydrogens (tertiary/aromatic N) is 1. The Morgan fingerprint density at radius 2 is 2.05 bits per heavy atom. The second-order valence-electron chi connectivity index (χ2n) is 5.78. The number of morpholine rings is 1. The molecule has 0 radical (unpaired) electrons. The maximum atomic E-state index is 5.83. The van der Waals surface area contributed by atoms with Crippen molar-refractivity contribution in [1.29, 1.82) is 0 Å². The van der Waals surface area contributed by atoms with Gasteiger partial charge in [0.2, 0.25) is 0 Å². The van der Waals surface area contributed by atoms with E-state index >= 15 is 0 Å². The minimum Gasteiger partial charge on any atom is -0.371 e. The maximum absolute atomic E-state index is 5.83. The molecule has 0 saturated carbocycles. The first-order valence-electron chi connectivity index (χ1n) is 7.68. The summed E-state index contributed by atoms with van der Waals surface area (Å²) in [5.41, 5.74) is 4.13. The van der Waals surface area contributed by atoms with Crippen molar-refractivity contribution in [1.82, 2.24) is 15.5 Å². The first kappa shape index (κ1) is 14.0. The number of ether oxygens (including phenoxy) is 1. The standard InChI is InChI=1S/C16H25N3O/c1-13-10-14(16-11-18-6-9-20-16)2-3-15(13)12-19-7-4-17-5-8-19/h2-3,10,16-18H,4-9,11-12H2,1H3. The van der Waals surface area contributed by atoms with E-state index in [1.165, 1.54) is 16.7 Å². The van der Waals surface area contributed by atoms with Crippen LogP contribution in [0.15, 0.2) is 18.2 Å². The van der Waals surface area contributed by atoms with Crippen LogP contribution in [0.5, 0.6) is 0 Å². The highest BCUT2D eigenvalue weighted by Gasteiger charge is 2.17. The molecule has 2 heterocycles. The van der Waals surface area contributed by atoms with Gasteiger partial charge in [-0.05, 0) is 23.6 Å². The summed E-state index contributed by atoms with van der Waals surface area (Å²) in [6.45, 7) is 10.5. The van der Waals surface area contributed by atoms with Crippen molar-refractivity contribution in [3.8, 4) is 0 Å². The highest BCUT2D eigenvalue weighted by atomic mass is 16.5. The molecule has 4 heteroatoms. The number of benzene rings is 1. The van der Waals surface area contributed by atoms with E-state index in [4.69, 9.17) is 4.74 Å². The molecule has 2 aliphatic heterocycles. The van der Waals surface area contributed by atoms with E-state index in [2.05, 4.69) is 40.7 Å². The summed E-state index contributed by atoms with van der Waals surface area (Å²) < 4.78 is 5.83. The molecule has 1 atom stereocenters. The summed E-state index contributed by atoms with van der Waals surface area (Å²) in [7, 11) is 0. The lowest BCUT2D eigenvalue weighted by atomic mass is 10.0. The summed E-state index contributed by atoms with van der Waals surface area (Å²) in [6, 6.07) is 6.82. The molecule has 110 valence electrons. The second kappa shape index (κ2) is 6.68. The van der Waals surface area contributed by atoms with Crippen LogP contribution in [0.3, 0.4) is 0 Å². The highest BCUT2D eigenvalue weighted by Crippen LogP contribution is 2.22. The minimum atomic E-state index is 0.218. The Kier molecular flexibility index (Phi) is 4.68. The Labute approximate surface area is 121 Å². The van der Waals surface area contributed by atoms with Crippen molar-refractivity contribution in [2.45, 2.75) is 19.6 Å². The van der Waals surface area contributed by atoms with Gasteiger partial charge in [0.1, 0.15) is 0 Å². The average Bonchev–Trinajstić information content (AvgIpc) is 2.51. The lowest BCUT2D eigenvalue weighted by Crippen LogP contribution is -2.43. The van der Waals surface area contributed by atoms with Crippen LogP contribution >= 0.6 is 0 Å². The molecule has 1 aromatic rings. The van der Waals surface area contributed by atoms with Gasteiger partial charge in [-0.2, -0.15) is 0 Å². The van der Waals surface area contributed by atoms with Gasteiger partial charge in [-0.25, -0.2) is 0 Å². The van der Waals surface area contributed by atoms with Crippen LogP contribution < -0.4 is 10.6 Å². The molecule has 2 N–H and O–H groups in total. The third-order valence-electron chi connectivity index (χ3n) is 4.27. The van der Waals surface area contributed by atoms with Crippen LogP contribution in [0.1, 0.15) is 22.8 Å². The summed E-state index contributed by atoms with van der Waals surface area (Å²) in [6.07, 6.45) is 0.218. The molecule has 0 aromatic heterocycles. The van der Waals surface area contributed by atoms with Crippen LogP contribution in [0, 0.1) is 6.92 Å². The predicted octanol–water partition coefficient (Wildman–Crippen LogP) is 1.06. The molecular weight excluding hydrogens is 250 g/mol. The lowest BCUT2D eigenvalue weighted by molar-refractivity contribution is 0.0276. The molecule has 4 nitrogen and oxygen atoms in total. The number of hydrogen-bond acceptors (Lipinski definition) is 4. The van der Waals surface area contributed by atoms with Crippen LogP contribution in [-0.4, -0.2) is 50.8 Å². The fraction of sp³-hybridized carbons (Fsp3) is 0.625. The van der Waals surface area contributed by atoms with Crippen LogP contribution in [0.4, 0.5) is 0 Å². The summed E-state index contributed by atoms with van der Waals surface area (Å²) in [5.74, 6) is 0. The van der Waals surface area contributed by atoms with E-state index in [1.54, 1.807) is 0 Å². The van der Waals surface area contributed by atoms with E-state index in [9.17, 15) is 0 Å². The molecule has 3 rings (SSSR count). The van der Waals surface area contributed by atoms with Crippen molar-refractivity contribution in [2.75, 3.05) is 45.9 Å². The smallest absolute Gasteiger partial charge is 0.0949 e. The minimum absolute atomic E-state index is 0.218. The normalized spacial score (nSPS) is 24.8. The van der Waals surface area contributed by atoms with Gasteiger partial charge in [0.25, 0.3) is 0 Å². The first-order chi connectivity index (χ1) is 9.83. The lowest BCUT2D eigenvalue weighted by Gasteiger charge is -2.28. The Balaban J connectivity index is 1.66. The Morgan fingerprint density at radius 1 is 1.20 bits per heavy atom. The Morgan fingerprint density at radius 3 is 2.75 bits per heavy atom. The van der Waals surface area contributed by atoms with E-state index < -0.39 is 0 Å². The van der Waals surface area contributed by atoms with Gasteiger partial charge in [0.05, 0.1) is 12.7 Å². The Bertz CT molecular complexity index is 437. The number of piperazine rings is 1. The van der Waals surface area contributed by atoms with Crippen LogP contribution in [-0.2, 0) is 11.3 Å². The number of rotatable bonds is 3. The second-order valence-corrected chi connectivity index (χ2v) is 5.78. The molecule has 2 fully saturated rings. The van der Waals surface area contributed by atoms with E-state index in [0.717, 1.165) is 52.4 Å². The first-order valence-corrected chi connectivity index (χ1v) is 7.68. The average molecular weight is 275 g/mol.